The molecule has 0 fully saturated rings. The van der Waals surface area contributed by atoms with Gasteiger partial charge in [0, 0.05) is 0 Å². The second kappa shape index (κ2) is 3.72. The Morgan fingerprint density at radius 3 is 2.17 bits per heavy atom. The van der Waals surface area contributed by atoms with Crippen LogP contribution in [0.25, 0.3) is 0 Å². The summed E-state index contributed by atoms with van der Waals surface area (Å²) in [4.78, 5) is 0. The van der Waals surface area contributed by atoms with Crippen molar-refractivity contribution in [2.45, 2.75) is 33.3 Å². The maximum Gasteiger partial charge on any atom is 0.118 e. The third-order valence-corrected chi connectivity index (χ3v) is 2.23. The van der Waals surface area contributed by atoms with Crippen LogP contribution < -0.4 is 0 Å². The fourth-order valence-corrected chi connectivity index (χ4v) is 1.54. The highest BCUT2D eigenvalue weighted by molar-refractivity contribution is 5.35. The Labute approximate surface area is 74.1 Å². The molecule has 65 valence electrons. The van der Waals surface area contributed by atoms with E-state index in [-0.39, 0.29) is 0 Å². The molecule has 0 saturated heterocycles. The number of rotatable bonds is 2. The van der Waals surface area contributed by atoms with Crippen LogP contribution in [0.5, 0.6) is 0 Å². The van der Waals surface area contributed by atoms with Gasteiger partial charge in [-0.05, 0) is 37.0 Å². The third kappa shape index (κ3) is 1.67. The van der Waals surface area contributed by atoms with E-state index in [2.05, 4.69) is 0 Å². The van der Waals surface area contributed by atoms with Gasteiger partial charge in [-0.25, -0.2) is 5.11 Å². The summed E-state index contributed by atoms with van der Waals surface area (Å²) in [5.74, 6) is 0. The van der Waals surface area contributed by atoms with Crippen LogP contribution in [0.4, 0.5) is 0 Å². The molecular weight excluding hydrogens is 148 g/mol. The molecule has 0 aliphatic rings. The fourth-order valence-electron chi connectivity index (χ4n) is 1.54. The lowest BCUT2D eigenvalue weighted by Gasteiger charge is -2.12. The standard InChI is InChI=1S/C11H15O/c1-4-10(12)11-8(2)6-5-7-9(11)3/h5-7,10H,4H2,1-3H3. The molecule has 12 heavy (non-hydrogen) atoms. The second-order valence-corrected chi connectivity index (χ2v) is 3.20. The van der Waals surface area contributed by atoms with E-state index in [1.165, 1.54) is 0 Å². The Morgan fingerprint density at radius 1 is 1.25 bits per heavy atom. The van der Waals surface area contributed by atoms with E-state index in [4.69, 9.17) is 0 Å². The monoisotopic (exact) mass is 163 g/mol. The van der Waals surface area contributed by atoms with E-state index in [0.717, 1.165) is 16.7 Å². The van der Waals surface area contributed by atoms with E-state index >= 15 is 0 Å². The number of benzene rings is 1. The summed E-state index contributed by atoms with van der Waals surface area (Å²) in [6.45, 7) is 5.94. The minimum atomic E-state index is -0.550. The van der Waals surface area contributed by atoms with Gasteiger partial charge in [0.25, 0.3) is 0 Å². The van der Waals surface area contributed by atoms with Crippen LogP contribution in [0.1, 0.15) is 36.1 Å². The van der Waals surface area contributed by atoms with Crippen molar-refractivity contribution in [2.75, 3.05) is 0 Å². The second-order valence-electron chi connectivity index (χ2n) is 3.20. The molecule has 0 heterocycles. The first-order valence-corrected chi connectivity index (χ1v) is 4.38. The first-order chi connectivity index (χ1) is 5.66. The molecule has 0 aliphatic heterocycles. The summed E-state index contributed by atoms with van der Waals surface area (Å²) < 4.78 is 0. The normalized spacial score (nSPS) is 13.0. The Hall–Kier alpha value is -0.820. The first-order valence-electron chi connectivity index (χ1n) is 4.38. The molecule has 0 bridgehead atoms. The quantitative estimate of drug-likeness (QED) is 0.638. The SMILES string of the molecule is CCC([O])c1c(C)cccc1C. The van der Waals surface area contributed by atoms with Crippen LogP contribution in [-0.4, -0.2) is 0 Å². The minimum Gasteiger partial charge on any atom is -0.228 e. The van der Waals surface area contributed by atoms with Gasteiger partial charge in [-0.15, -0.1) is 0 Å². The van der Waals surface area contributed by atoms with E-state index in [1.807, 2.05) is 39.0 Å². The van der Waals surface area contributed by atoms with Gasteiger partial charge in [0.15, 0.2) is 0 Å². The molecule has 0 saturated carbocycles. The van der Waals surface area contributed by atoms with Crippen molar-refractivity contribution in [1.29, 1.82) is 0 Å². The van der Waals surface area contributed by atoms with Crippen LogP contribution in [0, 0.1) is 13.8 Å². The lowest BCUT2D eigenvalue weighted by molar-refractivity contribution is 0.0846. The summed E-state index contributed by atoms with van der Waals surface area (Å²) in [6, 6.07) is 6.00. The maximum atomic E-state index is 11.5. The van der Waals surface area contributed by atoms with Crippen LogP contribution in [-0.2, 0) is 5.11 Å². The topological polar surface area (TPSA) is 19.9 Å². The molecule has 0 N–H and O–H groups in total. The molecule has 1 radical (unpaired) electrons. The summed E-state index contributed by atoms with van der Waals surface area (Å²) >= 11 is 0. The largest absolute Gasteiger partial charge is 0.228 e. The molecule has 1 rings (SSSR count). The highest BCUT2D eigenvalue weighted by Gasteiger charge is 2.11. The van der Waals surface area contributed by atoms with Gasteiger partial charge in [0.1, 0.15) is 6.10 Å². The minimum absolute atomic E-state index is 0.550. The van der Waals surface area contributed by atoms with Gasteiger partial charge in [-0.3, -0.25) is 0 Å². The average molecular weight is 163 g/mol. The van der Waals surface area contributed by atoms with Crippen molar-refractivity contribution in [1.82, 2.24) is 0 Å². The zero-order valence-electron chi connectivity index (χ0n) is 7.92. The Kier molecular flexibility index (Phi) is 2.88. The number of hydrogen-bond acceptors (Lipinski definition) is 0. The lowest BCUT2D eigenvalue weighted by atomic mass is 9.97. The van der Waals surface area contributed by atoms with Gasteiger partial charge < -0.3 is 0 Å². The molecule has 1 nitrogen and oxygen atoms in total. The molecule has 0 aliphatic carbocycles. The van der Waals surface area contributed by atoms with Crippen molar-refractivity contribution in [3.05, 3.63) is 34.9 Å². The molecule has 0 spiro atoms. The van der Waals surface area contributed by atoms with E-state index in [0.29, 0.717) is 6.42 Å². The lowest BCUT2D eigenvalue weighted by Crippen LogP contribution is -1.99. The van der Waals surface area contributed by atoms with Gasteiger partial charge in [-0.1, -0.05) is 25.1 Å². The van der Waals surface area contributed by atoms with Crippen molar-refractivity contribution < 1.29 is 5.11 Å². The molecule has 0 aromatic heterocycles. The number of hydrogen-bond donors (Lipinski definition) is 0. The van der Waals surface area contributed by atoms with Crippen molar-refractivity contribution in [3.63, 3.8) is 0 Å². The van der Waals surface area contributed by atoms with Crippen LogP contribution in [0.2, 0.25) is 0 Å². The van der Waals surface area contributed by atoms with Crippen molar-refractivity contribution in [2.24, 2.45) is 0 Å². The first kappa shape index (κ1) is 9.27. The molecule has 1 heteroatoms. The summed E-state index contributed by atoms with van der Waals surface area (Å²) in [5, 5.41) is 11.5. The Bertz CT molecular complexity index is 245. The predicted octanol–water partition coefficient (Wildman–Crippen LogP) is 3.19. The smallest absolute Gasteiger partial charge is 0.118 e. The van der Waals surface area contributed by atoms with Crippen molar-refractivity contribution in [3.8, 4) is 0 Å². The van der Waals surface area contributed by atoms with Gasteiger partial charge in [0.2, 0.25) is 0 Å². The van der Waals surface area contributed by atoms with Gasteiger partial charge >= 0.3 is 0 Å². The van der Waals surface area contributed by atoms with Crippen LogP contribution in [0.3, 0.4) is 0 Å². The Balaban J connectivity index is 3.12. The number of aryl methyl sites for hydroxylation is 2. The van der Waals surface area contributed by atoms with E-state index in [1.54, 1.807) is 0 Å². The molecule has 1 unspecified atom stereocenters. The Morgan fingerprint density at radius 2 is 1.75 bits per heavy atom. The van der Waals surface area contributed by atoms with E-state index in [9.17, 15) is 5.11 Å². The highest BCUT2D eigenvalue weighted by Crippen LogP contribution is 2.24. The predicted molar refractivity (Wildman–Crippen MR) is 49.6 cm³/mol. The molecular formula is C11H15O. The maximum absolute atomic E-state index is 11.5. The van der Waals surface area contributed by atoms with Crippen LogP contribution in [0.15, 0.2) is 18.2 Å². The van der Waals surface area contributed by atoms with Gasteiger partial charge in [-0.2, -0.15) is 0 Å². The zero-order valence-corrected chi connectivity index (χ0v) is 7.92. The average Bonchev–Trinajstić information content (AvgIpc) is 2.03. The molecule has 0 amide bonds. The molecule has 1 aromatic carbocycles. The van der Waals surface area contributed by atoms with Crippen LogP contribution >= 0.6 is 0 Å². The zero-order chi connectivity index (χ0) is 9.14. The fraction of sp³-hybridized carbons (Fsp3) is 0.455. The molecule has 1 aromatic rings. The highest BCUT2D eigenvalue weighted by atomic mass is 16.3. The van der Waals surface area contributed by atoms with E-state index < -0.39 is 6.10 Å². The third-order valence-electron chi connectivity index (χ3n) is 2.23. The van der Waals surface area contributed by atoms with Crippen molar-refractivity contribution >= 4 is 0 Å². The summed E-state index contributed by atoms with van der Waals surface area (Å²) in [6.07, 6.45) is 0.122. The molecule has 1 atom stereocenters. The summed E-state index contributed by atoms with van der Waals surface area (Å²) in [7, 11) is 0. The van der Waals surface area contributed by atoms with Gasteiger partial charge in [0.05, 0.1) is 0 Å². The summed E-state index contributed by atoms with van der Waals surface area (Å²) in [5.41, 5.74) is 3.23.